The predicted molar refractivity (Wildman–Crippen MR) is 125 cm³/mol. The molecule has 6 nitrogen and oxygen atoms in total. The smallest absolute Gasteiger partial charge is 0.0966 e. The Morgan fingerprint density at radius 2 is 1.97 bits per heavy atom. The fourth-order valence-corrected chi connectivity index (χ4v) is 4.89. The van der Waals surface area contributed by atoms with Gasteiger partial charge in [0, 0.05) is 18.0 Å². The van der Waals surface area contributed by atoms with Gasteiger partial charge in [-0.1, -0.05) is 35.5 Å². The maximum Gasteiger partial charge on any atom is 0.0966 e. The molecule has 1 aromatic heterocycles. The Morgan fingerprint density at radius 3 is 2.81 bits per heavy atom. The van der Waals surface area contributed by atoms with E-state index in [1.807, 2.05) is 0 Å². The van der Waals surface area contributed by atoms with Crippen LogP contribution in [0.1, 0.15) is 30.5 Å². The highest BCUT2D eigenvalue weighted by molar-refractivity contribution is 5.87. The van der Waals surface area contributed by atoms with Crippen LogP contribution in [0.4, 0.5) is 0 Å². The van der Waals surface area contributed by atoms with Crippen molar-refractivity contribution in [2.45, 2.75) is 31.8 Å². The average Bonchev–Trinajstić information content (AvgIpc) is 3.38. The summed E-state index contributed by atoms with van der Waals surface area (Å²) >= 11 is 0. The fraction of sp³-hybridized carbons (Fsp3) is 0.360. The van der Waals surface area contributed by atoms with E-state index in [9.17, 15) is 4.91 Å². The standard InChI is InChI=1S/C25H28N4O2/c26-29-24(17-28-10-2-5-23(28)16-27-30)15-22-14-21(6-7-25(22)29)20-4-1-3-19(13-20)18-8-11-31-12-9-18/h1,3-4,6-8,13-15,23H,2,5,9-12,16-17,26H2. The van der Waals surface area contributed by atoms with Crippen molar-refractivity contribution in [1.29, 1.82) is 0 Å². The minimum absolute atomic E-state index is 0.230. The van der Waals surface area contributed by atoms with E-state index in [1.54, 1.807) is 4.68 Å². The van der Waals surface area contributed by atoms with Crippen LogP contribution in [0.2, 0.25) is 0 Å². The van der Waals surface area contributed by atoms with Gasteiger partial charge in [0.1, 0.15) is 0 Å². The largest absolute Gasteiger partial charge is 0.377 e. The number of nitroso groups, excluding NO2 is 1. The summed E-state index contributed by atoms with van der Waals surface area (Å²) in [6, 6.07) is 17.6. The van der Waals surface area contributed by atoms with E-state index in [-0.39, 0.29) is 6.04 Å². The lowest BCUT2D eigenvalue weighted by atomic mass is 9.96. The Bertz CT molecular complexity index is 1130. The van der Waals surface area contributed by atoms with Crippen molar-refractivity contribution >= 4 is 16.5 Å². The van der Waals surface area contributed by atoms with Gasteiger partial charge in [0.2, 0.25) is 0 Å². The molecule has 5 rings (SSSR count). The average molecular weight is 417 g/mol. The van der Waals surface area contributed by atoms with E-state index in [1.165, 1.54) is 22.3 Å². The van der Waals surface area contributed by atoms with Gasteiger partial charge in [-0.25, -0.2) is 0 Å². The van der Waals surface area contributed by atoms with E-state index >= 15 is 0 Å². The summed E-state index contributed by atoms with van der Waals surface area (Å²) in [6.07, 6.45) is 5.27. The first-order chi connectivity index (χ1) is 15.2. The molecule has 2 aliphatic rings. The zero-order chi connectivity index (χ0) is 21.2. The minimum Gasteiger partial charge on any atom is -0.377 e. The molecule has 0 radical (unpaired) electrons. The Kier molecular flexibility index (Phi) is 5.57. The van der Waals surface area contributed by atoms with Gasteiger partial charge in [0.15, 0.2) is 0 Å². The van der Waals surface area contributed by atoms with Crippen LogP contribution in [0.3, 0.4) is 0 Å². The van der Waals surface area contributed by atoms with Crippen molar-refractivity contribution in [2.75, 3.05) is 32.1 Å². The van der Waals surface area contributed by atoms with Crippen LogP contribution in [-0.4, -0.2) is 41.9 Å². The van der Waals surface area contributed by atoms with E-state index in [0.717, 1.165) is 55.6 Å². The van der Waals surface area contributed by atoms with Crippen LogP contribution in [-0.2, 0) is 11.3 Å². The number of hydrogen-bond donors (Lipinski definition) is 1. The van der Waals surface area contributed by atoms with Crippen molar-refractivity contribution in [3.8, 4) is 11.1 Å². The number of nitrogens with two attached hydrogens (primary N) is 1. The van der Waals surface area contributed by atoms with Gasteiger partial charge in [-0.2, -0.15) is 4.91 Å². The normalized spacial score (nSPS) is 19.6. The van der Waals surface area contributed by atoms with Crippen LogP contribution >= 0.6 is 0 Å². The fourth-order valence-electron chi connectivity index (χ4n) is 4.89. The molecule has 6 heteroatoms. The van der Waals surface area contributed by atoms with Crippen molar-refractivity contribution in [1.82, 2.24) is 9.58 Å². The van der Waals surface area contributed by atoms with Crippen LogP contribution in [0.15, 0.2) is 59.8 Å². The summed E-state index contributed by atoms with van der Waals surface area (Å²) in [4.78, 5) is 13.1. The van der Waals surface area contributed by atoms with Crippen molar-refractivity contribution in [2.24, 2.45) is 5.18 Å². The maximum absolute atomic E-state index is 10.7. The van der Waals surface area contributed by atoms with Crippen molar-refractivity contribution in [3.05, 3.63) is 70.8 Å². The molecule has 2 aromatic carbocycles. The first kappa shape index (κ1) is 20.0. The third-order valence-corrected chi connectivity index (χ3v) is 6.60. The third-order valence-electron chi connectivity index (χ3n) is 6.60. The van der Waals surface area contributed by atoms with Gasteiger partial charge in [0.25, 0.3) is 0 Å². The summed E-state index contributed by atoms with van der Waals surface area (Å²) < 4.78 is 7.23. The Labute approximate surface area is 182 Å². The zero-order valence-electron chi connectivity index (χ0n) is 17.7. The molecule has 2 aliphatic heterocycles. The first-order valence-corrected chi connectivity index (χ1v) is 11.0. The number of nitrogen functional groups attached to an aromatic ring is 1. The van der Waals surface area contributed by atoms with E-state index < -0.39 is 0 Å². The highest BCUT2D eigenvalue weighted by Gasteiger charge is 2.25. The lowest BCUT2D eigenvalue weighted by molar-refractivity contribution is 0.161. The van der Waals surface area contributed by atoms with Gasteiger partial charge < -0.3 is 10.6 Å². The summed E-state index contributed by atoms with van der Waals surface area (Å²) in [5, 5.41) is 4.25. The second kappa shape index (κ2) is 8.65. The highest BCUT2D eigenvalue weighted by Crippen LogP contribution is 2.30. The minimum atomic E-state index is 0.230. The molecule has 31 heavy (non-hydrogen) atoms. The topological polar surface area (TPSA) is 72.8 Å². The summed E-state index contributed by atoms with van der Waals surface area (Å²) in [6.45, 7) is 3.57. The predicted octanol–water partition coefficient (Wildman–Crippen LogP) is 4.56. The molecule has 0 bridgehead atoms. The number of rotatable bonds is 6. The molecule has 0 saturated carbocycles. The van der Waals surface area contributed by atoms with Gasteiger partial charge in [-0.3, -0.25) is 9.58 Å². The number of nitrogens with zero attached hydrogens (tertiary/aromatic N) is 3. The molecular formula is C25H28N4O2. The van der Waals surface area contributed by atoms with Crippen LogP contribution in [0.5, 0.6) is 0 Å². The van der Waals surface area contributed by atoms with Gasteiger partial charge in [-0.15, -0.1) is 0 Å². The Hall–Kier alpha value is -2.96. The number of ether oxygens (including phenoxy) is 1. The lowest BCUT2D eigenvalue weighted by Gasteiger charge is -2.22. The molecule has 0 aliphatic carbocycles. The summed E-state index contributed by atoms with van der Waals surface area (Å²) in [7, 11) is 0. The molecule has 3 heterocycles. The molecule has 1 unspecified atom stereocenters. The molecule has 0 amide bonds. The molecular weight excluding hydrogens is 388 g/mol. The van der Waals surface area contributed by atoms with Crippen molar-refractivity contribution < 1.29 is 4.74 Å². The zero-order valence-corrected chi connectivity index (χ0v) is 17.7. The summed E-state index contributed by atoms with van der Waals surface area (Å²) in [5.74, 6) is 6.43. The summed E-state index contributed by atoms with van der Waals surface area (Å²) in [5.41, 5.74) is 7.09. The van der Waals surface area contributed by atoms with E-state index in [2.05, 4.69) is 64.7 Å². The molecule has 3 aromatic rings. The molecule has 1 fully saturated rings. The number of aromatic nitrogens is 1. The second-order valence-electron chi connectivity index (χ2n) is 8.49. The number of likely N-dealkylation sites (tertiary alicyclic amines) is 1. The third kappa shape index (κ3) is 4.01. The van der Waals surface area contributed by atoms with Crippen LogP contribution < -0.4 is 5.84 Å². The highest BCUT2D eigenvalue weighted by atomic mass is 16.5. The molecule has 160 valence electrons. The number of fused-ring (bicyclic) bond motifs is 1. The molecule has 1 saturated heterocycles. The Balaban J connectivity index is 1.43. The van der Waals surface area contributed by atoms with Gasteiger partial charge in [-0.05, 0) is 72.3 Å². The van der Waals surface area contributed by atoms with Crippen LogP contribution in [0.25, 0.3) is 27.6 Å². The van der Waals surface area contributed by atoms with Crippen LogP contribution in [0, 0.1) is 4.91 Å². The second-order valence-corrected chi connectivity index (χ2v) is 8.49. The monoisotopic (exact) mass is 416 g/mol. The number of hydrogen-bond acceptors (Lipinski definition) is 5. The molecule has 2 N–H and O–H groups in total. The maximum atomic E-state index is 10.7. The van der Waals surface area contributed by atoms with E-state index in [0.29, 0.717) is 13.2 Å². The Morgan fingerprint density at radius 1 is 1.10 bits per heavy atom. The van der Waals surface area contributed by atoms with E-state index in [4.69, 9.17) is 10.6 Å². The SMILES string of the molecule is Nn1c(CN2CCCC2CN=O)cc2cc(-c3cccc(C4=CCOCC4)c3)ccc21. The number of benzene rings is 2. The molecule has 0 spiro atoms. The van der Waals surface area contributed by atoms with Gasteiger partial charge in [0.05, 0.1) is 31.0 Å². The van der Waals surface area contributed by atoms with Gasteiger partial charge >= 0.3 is 0 Å². The quantitative estimate of drug-likeness (QED) is 0.472. The first-order valence-electron chi connectivity index (χ1n) is 11.0. The van der Waals surface area contributed by atoms with Crippen molar-refractivity contribution in [3.63, 3.8) is 0 Å². The molecule has 1 atom stereocenters. The lowest BCUT2D eigenvalue weighted by Crippen LogP contribution is -2.32.